The van der Waals surface area contributed by atoms with E-state index in [0.29, 0.717) is 17.1 Å². The lowest BCUT2D eigenvalue weighted by Gasteiger charge is -2.41. The van der Waals surface area contributed by atoms with Crippen molar-refractivity contribution < 1.29 is 49.6 Å². The third-order valence-electron chi connectivity index (χ3n) is 4.44. The standard InChI is InChI=1S/C17H26O10/c1-24-9-4-3-8(5-10(9)25-2)13(20)11(6-18)26-17-16(23)15(22)14(21)12(7-19)27-17/h3-5,11-23H,6-7H2,1-2H3/t11?,12-,13?,14-,15+,16-,17-/m1/s1. The van der Waals surface area contributed by atoms with E-state index >= 15 is 0 Å². The number of methoxy groups -OCH3 is 2. The van der Waals surface area contributed by atoms with Crippen molar-refractivity contribution in [3.05, 3.63) is 23.8 Å². The van der Waals surface area contributed by atoms with E-state index in [4.69, 9.17) is 18.9 Å². The Balaban J connectivity index is 2.16. The first-order valence-corrected chi connectivity index (χ1v) is 8.34. The number of hydrogen-bond acceptors (Lipinski definition) is 10. The lowest BCUT2D eigenvalue weighted by Crippen LogP contribution is -2.60. The summed E-state index contributed by atoms with van der Waals surface area (Å²) in [6.45, 7) is -1.25. The van der Waals surface area contributed by atoms with Gasteiger partial charge in [0.1, 0.15) is 36.6 Å². The van der Waals surface area contributed by atoms with Crippen molar-refractivity contribution in [2.45, 2.75) is 42.9 Å². The topological polar surface area (TPSA) is 158 Å². The average Bonchev–Trinajstić information content (AvgIpc) is 2.70. The van der Waals surface area contributed by atoms with Gasteiger partial charge >= 0.3 is 0 Å². The molecule has 1 fully saturated rings. The predicted molar refractivity (Wildman–Crippen MR) is 90.2 cm³/mol. The first-order valence-electron chi connectivity index (χ1n) is 8.34. The van der Waals surface area contributed by atoms with Crippen molar-refractivity contribution in [2.24, 2.45) is 0 Å². The van der Waals surface area contributed by atoms with E-state index in [-0.39, 0.29) is 0 Å². The second-order valence-electron chi connectivity index (χ2n) is 6.11. The van der Waals surface area contributed by atoms with Crippen molar-refractivity contribution in [2.75, 3.05) is 27.4 Å². The van der Waals surface area contributed by atoms with Crippen molar-refractivity contribution in [1.29, 1.82) is 0 Å². The SMILES string of the molecule is COc1ccc(C(O)C(CO)O[C@@H]2O[C@H](CO)[C@@H](O)[C@H](O)[C@H]2O)cc1OC. The Hall–Kier alpha value is -1.50. The molecule has 0 aliphatic carbocycles. The second kappa shape index (κ2) is 9.62. The van der Waals surface area contributed by atoms with Crippen LogP contribution in [0.3, 0.4) is 0 Å². The summed E-state index contributed by atoms with van der Waals surface area (Å²) >= 11 is 0. The van der Waals surface area contributed by atoms with Gasteiger partial charge in [0.05, 0.1) is 27.4 Å². The molecule has 2 rings (SSSR count). The van der Waals surface area contributed by atoms with Crippen molar-refractivity contribution >= 4 is 0 Å². The summed E-state index contributed by atoms with van der Waals surface area (Å²) in [4.78, 5) is 0. The largest absolute Gasteiger partial charge is 0.493 e. The molecule has 0 radical (unpaired) electrons. The minimum atomic E-state index is -1.64. The molecular formula is C17H26O10. The molecule has 0 saturated carbocycles. The van der Waals surface area contributed by atoms with Crippen LogP contribution in [0.15, 0.2) is 18.2 Å². The molecule has 1 aromatic rings. The fraction of sp³-hybridized carbons (Fsp3) is 0.647. The lowest BCUT2D eigenvalue weighted by molar-refractivity contribution is -0.319. The van der Waals surface area contributed by atoms with E-state index < -0.39 is 56.1 Å². The van der Waals surface area contributed by atoms with Gasteiger partial charge in [-0.25, -0.2) is 0 Å². The molecule has 0 spiro atoms. The number of benzene rings is 1. The maximum absolute atomic E-state index is 10.5. The molecule has 0 amide bonds. The molecule has 10 heteroatoms. The fourth-order valence-electron chi connectivity index (χ4n) is 2.82. The Labute approximate surface area is 156 Å². The maximum Gasteiger partial charge on any atom is 0.187 e. The first kappa shape index (κ1) is 21.8. The van der Waals surface area contributed by atoms with Gasteiger partial charge in [0.2, 0.25) is 0 Å². The Morgan fingerprint density at radius 1 is 1.00 bits per heavy atom. The molecule has 27 heavy (non-hydrogen) atoms. The molecule has 6 N–H and O–H groups in total. The lowest BCUT2D eigenvalue weighted by atomic mass is 9.99. The molecular weight excluding hydrogens is 364 g/mol. The summed E-state index contributed by atoms with van der Waals surface area (Å²) < 4.78 is 20.9. The summed E-state index contributed by atoms with van der Waals surface area (Å²) in [6, 6.07) is 4.62. The van der Waals surface area contributed by atoms with Crippen LogP contribution in [0.1, 0.15) is 11.7 Å². The van der Waals surface area contributed by atoms with Crippen LogP contribution in [0.2, 0.25) is 0 Å². The van der Waals surface area contributed by atoms with Crippen LogP contribution >= 0.6 is 0 Å². The summed E-state index contributed by atoms with van der Waals surface area (Å²) in [7, 11) is 2.90. The third kappa shape index (κ3) is 4.68. The van der Waals surface area contributed by atoms with Gasteiger partial charge in [-0.2, -0.15) is 0 Å². The molecule has 1 aromatic carbocycles. The number of ether oxygens (including phenoxy) is 4. The highest BCUT2D eigenvalue weighted by molar-refractivity contribution is 5.43. The summed E-state index contributed by atoms with van der Waals surface area (Å²) in [5.41, 5.74) is 0.344. The van der Waals surface area contributed by atoms with E-state index in [9.17, 15) is 30.6 Å². The van der Waals surface area contributed by atoms with Gasteiger partial charge in [-0.05, 0) is 17.7 Å². The van der Waals surface area contributed by atoms with Crippen LogP contribution in [-0.2, 0) is 9.47 Å². The Morgan fingerprint density at radius 3 is 2.22 bits per heavy atom. The van der Waals surface area contributed by atoms with E-state index in [0.717, 1.165) is 0 Å². The third-order valence-corrected chi connectivity index (χ3v) is 4.44. The van der Waals surface area contributed by atoms with Gasteiger partial charge < -0.3 is 49.6 Å². The van der Waals surface area contributed by atoms with Crippen LogP contribution in [-0.4, -0.2) is 94.9 Å². The van der Waals surface area contributed by atoms with E-state index in [1.165, 1.54) is 20.3 Å². The number of aliphatic hydroxyl groups is 6. The van der Waals surface area contributed by atoms with Crippen molar-refractivity contribution in [3.8, 4) is 11.5 Å². The van der Waals surface area contributed by atoms with Gasteiger partial charge in [-0.3, -0.25) is 0 Å². The normalized spacial score (nSPS) is 30.6. The van der Waals surface area contributed by atoms with Gasteiger partial charge in [-0.1, -0.05) is 6.07 Å². The zero-order valence-corrected chi connectivity index (χ0v) is 15.0. The number of hydrogen-bond donors (Lipinski definition) is 6. The molecule has 7 atom stereocenters. The summed E-state index contributed by atoms with van der Waals surface area (Å²) in [5, 5.41) is 59.0. The quantitative estimate of drug-likeness (QED) is 0.291. The minimum absolute atomic E-state index is 0.344. The minimum Gasteiger partial charge on any atom is -0.493 e. The van der Waals surface area contributed by atoms with Crippen LogP contribution in [0.4, 0.5) is 0 Å². The molecule has 1 aliphatic heterocycles. The fourth-order valence-corrected chi connectivity index (χ4v) is 2.82. The smallest absolute Gasteiger partial charge is 0.187 e. The molecule has 1 saturated heterocycles. The van der Waals surface area contributed by atoms with Crippen LogP contribution in [0, 0.1) is 0 Å². The van der Waals surface area contributed by atoms with Gasteiger partial charge in [0.15, 0.2) is 17.8 Å². The van der Waals surface area contributed by atoms with E-state index in [2.05, 4.69) is 0 Å². The number of rotatable bonds is 8. The number of aliphatic hydroxyl groups excluding tert-OH is 6. The average molecular weight is 390 g/mol. The summed E-state index contributed by atoms with van der Waals surface area (Å²) in [6.07, 6.45) is -10.0. The zero-order valence-electron chi connectivity index (χ0n) is 15.0. The zero-order chi connectivity index (χ0) is 20.1. The van der Waals surface area contributed by atoms with Gasteiger partial charge in [0.25, 0.3) is 0 Å². The van der Waals surface area contributed by atoms with Crippen molar-refractivity contribution in [3.63, 3.8) is 0 Å². The molecule has 154 valence electrons. The second-order valence-corrected chi connectivity index (χ2v) is 6.11. The van der Waals surface area contributed by atoms with Gasteiger partial charge in [0, 0.05) is 0 Å². The monoisotopic (exact) mass is 390 g/mol. The van der Waals surface area contributed by atoms with E-state index in [1.807, 2.05) is 0 Å². The predicted octanol–water partition coefficient (Wildman–Crippen LogP) is -2.09. The Kier molecular flexibility index (Phi) is 7.77. The molecule has 10 nitrogen and oxygen atoms in total. The molecule has 0 aromatic heterocycles. The van der Waals surface area contributed by atoms with Crippen LogP contribution < -0.4 is 9.47 Å². The molecule has 0 bridgehead atoms. The van der Waals surface area contributed by atoms with Crippen molar-refractivity contribution in [1.82, 2.24) is 0 Å². The highest BCUT2D eigenvalue weighted by atomic mass is 16.7. The van der Waals surface area contributed by atoms with Crippen LogP contribution in [0.25, 0.3) is 0 Å². The van der Waals surface area contributed by atoms with Crippen LogP contribution in [0.5, 0.6) is 11.5 Å². The molecule has 1 aliphatic rings. The highest BCUT2D eigenvalue weighted by Crippen LogP contribution is 2.32. The molecule has 2 unspecified atom stereocenters. The van der Waals surface area contributed by atoms with Gasteiger partial charge in [-0.15, -0.1) is 0 Å². The Morgan fingerprint density at radius 2 is 1.67 bits per heavy atom. The highest BCUT2D eigenvalue weighted by Gasteiger charge is 2.45. The summed E-state index contributed by atoms with van der Waals surface area (Å²) in [5.74, 6) is 0.808. The van der Waals surface area contributed by atoms with E-state index in [1.54, 1.807) is 12.1 Å². The first-order chi connectivity index (χ1) is 12.9. The molecule has 1 heterocycles. The maximum atomic E-state index is 10.5. The Bertz CT molecular complexity index is 595.